The molecule has 0 fully saturated rings. The summed E-state index contributed by atoms with van der Waals surface area (Å²) in [5, 5.41) is 6.59. The lowest BCUT2D eigenvalue weighted by Crippen LogP contribution is -2.27. The minimum absolute atomic E-state index is 0.00320. The van der Waals surface area contributed by atoms with Crippen molar-refractivity contribution in [3.8, 4) is 34.4 Å². The van der Waals surface area contributed by atoms with Gasteiger partial charge in [-0.25, -0.2) is 23.7 Å². The molecule has 4 heterocycles. The molecule has 56 heavy (non-hydrogen) atoms. The monoisotopic (exact) mass is 879 g/mol. The van der Waals surface area contributed by atoms with Gasteiger partial charge in [0.1, 0.15) is 17.3 Å². The van der Waals surface area contributed by atoms with Crippen LogP contribution in [-0.4, -0.2) is 68.0 Å². The molecule has 294 valence electrons. The van der Waals surface area contributed by atoms with E-state index < -0.39 is 28.2 Å². The third-order valence-electron chi connectivity index (χ3n) is 7.93. The second-order valence-electron chi connectivity index (χ2n) is 11.9. The highest BCUT2D eigenvalue weighted by Gasteiger charge is 2.42. The van der Waals surface area contributed by atoms with Gasteiger partial charge in [-0.1, -0.05) is 0 Å². The van der Waals surface area contributed by atoms with Crippen LogP contribution in [0.15, 0.2) is 72.0 Å². The normalized spacial score (nSPS) is 11.8. The van der Waals surface area contributed by atoms with Crippen molar-refractivity contribution in [2.45, 2.75) is 31.9 Å². The molecular formula is C34H30BrClF3N9O7S. The van der Waals surface area contributed by atoms with Crippen molar-refractivity contribution in [3.05, 3.63) is 82.8 Å². The third kappa shape index (κ3) is 9.46. The van der Waals surface area contributed by atoms with E-state index in [0.29, 0.717) is 51.8 Å². The van der Waals surface area contributed by atoms with Crippen LogP contribution >= 0.6 is 27.5 Å². The molecule has 6 aromatic rings. The lowest BCUT2D eigenvalue weighted by Gasteiger charge is -2.15. The molecule has 0 atom stereocenters. The standard InChI is InChI=1S/C34H30BrClF3N9O7S/c1-47-17-21(15-44-47)20-13-42-33(43-14-20)54-23-11-19(10-22(40)12-23)6-4-3-5-9-53-26-8-7-25(45-30-24(35)16-41-32(36)46-30)29-28(26)27(55-31(49)34(37,38)39)18-48(29)56(50,51)52-2/h7-8,10-18H,3-6,9,40H2,1-2H3,(H,41,45,46). The van der Waals surface area contributed by atoms with Gasteiger partial charge in [-0.2, -0.15) is 31.7 Å². The van der Waals surface area contributed by atoms with Crippen LogP contribution in [0.4, 0.5) is 30.4 Å². The van der Waals surface area contributed by atoms with Gasteiger partial charge in [0.25, 0.3) is 0 Å². The SMILES string of the molecule is COS(=O)(=O)n1cc(OC(=O)C(F)(F)F)c2c(OCCCCCc3cc(N)cc(Oc4ncc(-c5cnn(C)c5)cn4)c3)ccc(Nc3nc(Cl)ncc3Br)c21. The predicted molar refractivity (Wildman–Crippen MR) is 201 cm³/mol. The Bertz CT molecular complexity index is 2500. The molecule has 0 spiro atoms. The van der Waals surface area contributed by atoms with E-state index in [1.54, 1.807) is 29.3 Å². The number of carbonyl (C=O) groups is 1. The zero-order valence-corrected chi connectivity index (χ0v) is 32.4. The number of rotatable bonds is 15. The van der Waals surface area contributed by atoms with Crippen LogP contribution in [0.25, 0.3) is 22.0 Å². The fourth-order valence-corrected chi connectivity index (χ4v) is 6.64. The molecule has 0 aliphatic carbocycles. The molecule has 6 rings (SSSR count). The highest BCUT2D eigenvalue weighted by Crippen LogP contribution is 2.43. The number of hydrogen-bond donors (Lipinski definition) is 2. The fraction of sp³-hybridized carbons (Fsp3) is 0.235. The van der Waals surface area contributed by atoms with Crippen molar-refractivity contribution >= 4 is 71.9 Å². The predicted octanol–water partition coefficient (Wildman–Crippen LogP) is 7.15. The molecule has 0 saturated heterocycles. The molecule has 2 aromatic carbocycles. The summed E-state index contributed by atoms with van der Waals surface area (Å²) in [6, 6.07) is 8.22. The smallest absolute Gasteiger partial charge is 0.491 e. The minimum atomic E-state index is -5.40. The number of fused-ring (bicyclic) bond motifs is 1. The number of unbranched alkanes of at least 4 members (excludes halogenated alkanes) is 2. The first-order chi connectivity index (χ1) is 26.6. The molecule has 0 unspecified atom stereocenters. The quantitative estimate of drug-likeness (QED) is 0.0456. The average Bonchev–Trinajstić information content (AvgIpc) is 3.76. The van der Waals surface area contributed by atoms with Crippen LogP contribution in [0.1, 0.15) is 24.8 Å². The minimum Gasteiger partial charge on any atom is -0.493 e. The highest BCUT2D eigenvalue weighted by molar-refractivity contribution is 9.10. The van der Waals surface area contributed by atoms with Gasteiger partial charge in [-0.15, -0.1) is 0 Å². The van der Waals surface area contributed by atoms with Gasteiger partial charge in [-0.3, -0.25) is 8.86 Å². The van der Waals surface area contributed by atoms with E-state index in [9.17, 15) is 26.4 Å². The van der Waals surface area contributed by atoms with Crippen LogP contribution < -0.4 is 25.3 Å². The number of nitrogens with zero attached hydrogens (tertiary/aromatic N) is 7. The Morgan fingerprint density at radius 3 is 2.46 bits per heavy atom. The second kappa shape index (κ2) is 16.7. The molecular weight excluding hydrogens is 851 g/mol. The maximum atomic E-state index is 13.3. The number of nitrogens with two attached hydrogens (primary N) is 1. The van der Waals surface area contributed by atoms with Gasteiger partial charge in [0.05, 0.1) is 47.2 Å². The van der Waals surface area contributed by atoms with Crippen LogP contribution in [0, 0.1) is 0 Å². The highest BCUT2D eigenvalue weighted by atomic mass is 79.9. The second-order valence-corrected chi connectivity index (χ2v) is 14.7. The number of aryl methyl sites for hydroxylation is 2. The molecule has 0 aliphatic heterocycles. The van der Waals surface area contributed by atoms with Crippen LogP contribution in [-0.2, 0) is 32.8 Å². The largest absolute Gasteiger partial charge is 0.493 e. The fourth-order valence-electron chi connectivity index (χ4n) is 5.42. The van der Waals surface area contributed by atoms with Crippen molar-refractivity contribution in [1.29, 1.82) is 0 Å². The number of benzene rings is 2. The van der Waals surface area contributed by atoms with Crippen molar-refractivity contribution in [3.63, 3.8) is 0 Å². The van der Waals surface area contributed by atoms with Crippen molar-refractivity contribution in [2.24, 2.45) is 7.05 Å². The topological polar surface area (TPSA) is 200 Å². The zero-order chi connectivity index (χ0) is 40.2. The summed E-state index contributed by atoms with van der Waals surface area (Å²) in [6.07, 6.45) is 5.85. The van der Waals surface area contributed by atoms with E-state index in [1.807, 2.05) is 25.4 Å². The van der Waals surface area contributed by atoms with Crippen molar-refractivity contribution in [1.82, 2.24) is 33.7 Å². The maximum Gasteiger partial charge on any atom is 0.491 e. The maximum absolute atomic E-state index is 13.3. The molecule has 0 aliphatic rings. The number of carbonyl (C=O) groups excluding carboxylic acids is 1. The summed E-state index contributed by atoms with van der Waals surface area (Å²) in [5.74, 6) is -2.87. The summed E-state index contributed by atoms with van der Waals surface area (Å²) in [4.78, 5) is 28.4. The number of hydrogen-bond acceptors (Lipinski definition) is 14. The van der Waals surface area contributed by atoms with E-state index in [2.05, 4.69) is 55.2 Å². The molecule has 16 nitrogen and oxygen atoms in total. The Morgan fingerprint density at radius 1 is 1.00 bits per heavy atom. The molecule has 0 saturated carbocycles. The Balaban J connectivity index is 1.16. The van der Waals surface area contributed by atoms with Gasteiger partial charge in [0.15, 0.2) is 5.75 Å². The van der Waals surface area contributed by atoms with Crippen LogP contribution in [0.2, 0.25) is 5.28 Å². The Labute approximate surface area is 330 Å². The number of esters is 1. The van der Waals surface area contributed by atoms with Gasteiger partial charge < -0.3 is 25.3 Å². The Hall–Kier alpha value is -5.51. The summed E-state index contributed by atoms with van der Waals surface area (Å²) < 4.78 is 89.7. The van der Waals surface area contributed by atoms with E-state index in [0.717, 1.165) is 23.8 Å². The summed E-state index contributed by atoms with van der Waals surface area (Å²) in [6.45, 7) is 0.0570. The zero-order valence-electron chi connectivity index (χ0n) is 29.3. The number of anilines is 3. The lowest BCUT2D eigenvalue weighted by atomic mass is 10.1. The van der Waals surface area contributed by atoms with E-state index in [1.165, 1.54) is 18.3 Å². The average molecular weight is 881 g/mol. The van der Waals surface area contributed by atoms with E-state index in [4.69, 9.17) is 26.8 Å². The first kappa shape index (κ1) is 40.2. The Morgan fingerprint density at radius 2 is 1.77 bits per heavy atom. The van der Waals surface area contributed by atoms with Crippen LogP contribution in [0.3, 0.4) is 0 Å². The number of nitrogens with one attached hydrogen (secondary N) is 1. The van der Waals surface area contributed by atoms with Gasteiger partial charge in [-0.05, 0) is 83.0 Å². The van der Waals surface area contributed by atoms with Gasteiger partial charge in [0.2, 0.25) is 5.28 Å². The number of alkyl halides is 3. The summed E-state index contributed by atoms with van der Waals surface area (Å²) in [5.41, 5.74) is 8.88. The number of halogens is 5. The summed E-state index contributed by atoms with van der Waals surface area (Å²) in [7, 11) is -2.00. The molecule has 0 radical (unpaired) electrons. The molecule has 0 amide bonds. The third-order valence-corrected chi connectivity index (χ3v) is 9.88. The molecule has 22 heteroatoms. The first-order valence-electron chi connectivity index (χ1n) is 16.4. The molecule has 0 bridgehead atoms. The van der Waals surface area contributed by atoms with Gasteiger partial charge in [0, 0.05) is 54.7 Å². The van der Waals surface area contributed by atoms with Crippen LogP contribution in [0.5, 0.6) is 23.3 Å². The number of ether oxygens (including phenoxy) is 3. The Kier molecular flexibility index (Phi) is 12.0. The summed E-state index contributed by atoms with van der Waals surface area (Å²) >= 11 is 9.21. The van der Waals surface area contributed by atoms with Crippen molar-refractivity contribution in [2.75, 3.05) is 24.8 Å². The lowest BCUT2D eigenvalue weighted by molar-refractivity contribution is -0.189. The van der Waals surface area contributed by atoms with Gasteiger partial charge >= 0.3 is 28.5 Å². The van der Waals surface area contributed by atoms with Crippen molar-refractivity contribution < 1.29 is 44.8 Å². The van der Waals surface area contributed by atoms with E-state index in [-0.39, 0.29) is 46.1 Å². The molecule has 3 N–H and O–H groups in total. The first-order valence-corrected chi connectivity index (χ1v) is 18.9. The number of nitrogen functional groups attached to an aromatic ring is 1. The van der Waals surface area contributed by atoms with E-state index >= 15 is 0 Å². The molecule has 4 aromatic heterocycles. The number of aromatic nitrogens is 7.